The first-order chi connectivity index (χ1) is 9.96. The molecule has 0 spiro atoms. The molecule has 0 aliphatic heterocycles. The van der Waals surface area contributed by atoms with Gasteiger partial charge in [-0.15, -0.1) is 0 Å². The molecule has 4 saturated carbocycles. The number of Topliss-reactive ketones (excluding diaryl/α,β-unsaturated/α-hetero) is 2. The van der Waals surface area contributed by atoms with Crippen molar-refractivity contribution in [1.29, 1.82) is 0 Å². The summed E-state index contributed by atoms with van der Waals surface area (Å²) in [5.41, 5.74) is 0.190. The van der Waals surface area contributed by atoms with Crippen LogP contribution in [0.15, 0.2) is 0 Å². The predicted molar refractivity (Wildman–Crippen MR) is 81.7 cm³/mol. The Kier molecular flexibility index (Phi) is 2.94. The average molecular weight is 288 g/mol. The van der Waals surface area contributed by atoms with Gasteiger partial charge in [0.1, 0.15) is 11.6 Å². The van der Waals surface area contributed by atoms with E-state index in [9.17, 15) is 9.59 Å². The second-order valence-electron chi connectivity index (χ2n) is 8.91. The SMILES string of the molecule is C[C@@]12CCC[C@H]1[C@@H]1CC(=O)[C@H]3CCCC[C@]3(C)[C@H]1C(=O)C2. The summed E-state index contributed by atoms with van der Waals surface area (Å²) in [6.07, 6.45) is 9.71. The lowest BCUT2D eigenvalue weighted by Gasteiger charge is -2.58. The molecule has 0 saturated heterocycles. The zero-order valence-corrected chi connectivity index (χ0v) is 13.5. The fraction of sp³-hybridized carbons (Fsp3) is 0.895. The molecule has 2 heteroatoms. The predicted octanol–water partition coefficient (Wildman–Crippen LogP) is 4.17. The molecule has 0 bridgehead atoms. The third-order valence-electron chi connectivity index (χ3n) is 7.82. The van der Waals surface area contributed by atoms with Gasteiger partial charge in [0.15, 0.2) is 0 Å². The van der Waals surface area contributed by atoms with Crippen LogP contribution in [-0.2, 0) is 9.59 Å². The lowest BCUT2D eigenvalue weighted by Crippen LogP contribution is -2.58. The Hall–Kier alpha value is -0.660. The molecule has 0 unspecified atom stereocenters. The van der Waals surface area contributed by atoms with E-state index in [1.165, 1.54) is 32.1 Å². The van der Waals surface area contributed by atoms with Gasteiger partial charge in [0.05, 0.1) is 0 Å². The standard InChI is InChI=1S/C19H28O2/c1-18-8-5-7-13(18)12-10-15(20)14-6-3-4-9-19(14,2)17(12)16(21)11-18/h12-14,17H,3-11H2,1-2H3/t12-,13-,14+,17+,18-,19-/m0/s1. The van der Waals surface area contributed by atoms with Crippen LogP contribution in [0.3, 0.4) is 0 Å². The number of carbonyl (C=O) groups is 2. The highest BCUT2D eigenvalue weighted by atomic mass is 16.1. The molecule has 0 heterocycles. The van der Waals surface area contributed by atoms with Gasteiger partial charge in [-0.3, -0.25) is 9.59 Å². The maximum Gasteiger partial charge on any atom is 0.137 e. The molecule has 4 fully saturated rings. The van der Waals surface area contributed by atoms with Crippen molar-refractivity contribution in [3.8, 4) is 0 Å². The minimum atomic E-state index is -0.0146. The topological polar surface area (TPSA) is 34.1 Å². The van der Waals surface area contributed by atoms with Gasteiger partial charge < -0.3 is 0 Å². The van der Waals surface area contributed by atoms with Crippen molar-refractivity contribution < 1.29 is 9.59 Å². The molecular weight excluding hydrogens is 260 g/mol. The summed E-state index contributed by atoms with van der Waals surface area (Å²) in [5, 5.41) is 0. The van der Waals surface area contributed by atoms with Crippen molar-refractivity contribution in [2.75, 3.05) is 0 Å². The van der Waals surface area contributed by atoms with Crippen molar-refractivity contribution in [3.05, 3.63) is 0 Å². The van der Waals surface area contributed by atoms with E-state index in [1.54, 1.807) is 0 Å². The Balaban J connectivity index is 1.76. The van der Waals surface area contributed by atoms with Gasteiger partial charge >= 0.3 is 0 Å². The molecule has 0 aromatic rings. The van der Waals surface area contributed by atoms with Gasteiger partial charge in [-0.25, -0.2) is 0 Å². The molecule has 0 amide bonds. The Morgan fingerprint density at radius 3 is 2.57 bits per heavy atom. The summed E-state index contributed by atoms with van der Waals surface area (Å²) >= 11 is 0. The molecule has 0 aromatic heterocycles. The first-order valence-electron chi connectivity index (χ1n) is 9.01. The number of fused-ring (bicyclic) bond motifs is 5. The van der Waals surface area contributed by atoms with Gasteiger partial charge in [-0.1, -0.05) is 33.1 Å². The fourth-order valence-corrected chi connectivity index (χ4v) is 6.94. The maximum atomic E-state index is 13.0. The van der Waals surface area contributed by atoms with Gasteiger partial charge in [-0.2, -0.15) is 0 Å². The second-order valence-corrected chi connectivity index (χ2v) is 8.91. The van der Waals surface area contributed by atoms with Crippen LogP contribution in [0.4, 0.5) is 0 Å². The highest BCUT2D eigenvalue weighted by Crippen LogP contribution is 2.64. The van der Waals surface area contributed by atoms with E-state index in [4.69, 9.17) is 0 Å². The van der Waals surface area contributed by atoms with Crippen molar-refractivity contribution in [2.24, 2.45) is 34.5 Å². The first kappa shape index (κ1) is 14.0. The van der Waals surface area contributed by atoms with Crippen molar-refractivity contribution >= 4 is 11.6 Å². The monoisotopic (exact) mass is 288 g/mol. The van der Waals surface area contributed by atoms with Crippen LogP contribution in [-0.4, -0.2) is 11.6 Å². The normalized spacial score (nSPS) is 53.0. The smallest absolute Gasteiger partial charge is 0.137 e. The highest BCUT2D eigenvalue weighted by Gasteiger charge is 2.62. The molecule has 0 aromatic carbocycles. The fourth-order valence-electron chi connectivity index (χ4n) is 6.94. The van der Waals surface area contributed by atoms with Gasteiger partial charge in [0.25, 0.3) is 0 Å². The van der Waals surface area contributed by atoms with Crippen LogP contribution in [0.2, 0.25) is 0 Å². The number of hydrogen-bond donors (Lipinski definition) is 0. The summed E-state index contributed by atoms with van der Waals surface area (Å²) in [7, 11) is 0. The van der Waals surface area contributed by atoms with Crippen LogP contribution < -0.4 is 0 Å². The number of hydrogen-bond acceptors (Lipinski definition) is 2. The molecule has 4 aliphatic rings. The second kappa shape index (κ2) is 4.43. The molecule has 116 valence electrons. The number of rotatable bonds is 0. The summed E-state index contributed by atoms with van der Waals surface area (Å²) < 4.78 is 0. The highest BCUT2D eigenvalue weighted by molar-refractivity contribution is 5.90. The van der Waals surface area contributed by atoms with E-state index >= 15 is 0 Å². The zero-order valence-electron chi connectivity index (χ0n) is 13.5. The maximum absolute atomic E-state index is 13.0. The van der Waals surface area contributed by atoms with E-state index in [0.717, 1.165) is 19.3 Å². The van der Waals surface area contributed by atoms with Crippen molar-refractivity contribution in [3.63, 3.8) is 0 Å². The van der Waals surface area contributed by atoms with E-state index in [-0.39, 0.29) is 22.7 Å². The van der Waals surface area contributed by atoms with E-state index in [0.29, 0.717) is 29.8 Å². The lowest BCUT2D eigenvalue weighted by atomic mass is 9.45. The number of ketones is 2. The molecule has 4 rings (SSSR count). The van der Waals surface area contributed by atoms with Crippen LogP contribution in [0.5, 0.6) is 0 Å². The molecule has 21 heavy (non-hydrogen) atoms. The third kappa shape index (κ3) is 1.77. The molecular formula is C19H28O2. The van der Waals surface area contributed by atoms with Crippen molar-refractivity contribution in [1.82, 2.24) is 0 Å². The minimum Gasteiger partial charge on any atom is -0.299 e. The summed E-state index contributed by atoms with van der Waals surface area (Å²) in [5.74, 6) is 2.36. The summed E-state index contributed by atoms with van der Waals surface area (Å²) in [4.78, 5) is 25.8. The Morgan fingerprint density at radius 1 is 0.952 bits per heavy atom. The molecule has 0 N–H and O–H groups in total. The number of carbonyl (C=O) groups excluding carboxylic acids is 2. The van der Waals surface area contributed by atoms with Gasteiger partial charge in [-0.05, 0) is 48.3 Å². The summed E-state index contributed by atoms with van der Waals surface area (Å²) in [6, 6.07) is 0. The van der Waals surface area contributed by atoms with Crippen LogP contribution in [0.1, 0.15) is 71.6 Å². The Bertz CT molecular complexity index is 496. The third-order valence-corrected chi connectivity index (χ3v) is 7.82. The van der Waals surface area contributed by atoms with E-state index < -0.39 is 0 Å². The van der Waals surface area contributed by atoms with Crippen LogP contribution in [0.25, 0.3) is 0 Å². The summed E-state index contributed by atoms with van der Waals surface area (Å²) in [6.45, 7) is 4.60. The first-order valence-corrected chi connectivity index (χ1v) is 9.01. The van der Waals surface area contributed by atoms with E-state index in [2.05, 4.69) is 13.8 Å². The Morgan fingerprint density at radius 2 is 1.76 bits per heavy atom. The lowest BCUT2D eigenvalue weighted by molar-refractivity contribution is -0.162. The molecule has 2 nitrogen and oxygen atoms in total. The average Bonchev–Trinajstić information content (AvgIpc) is 2.79. The molecule has 6 atom stereocenters. The molecule has 0 radical (unpaired) electrons. The van der Waals surface area contributed by atoms with Crippen LogP contribution >= 0.6 is 0 Å². The van der Waals surface area contributed by atoms with Crippen molar-refractivity contribution in [2.45, 2.75) is 71.6 Å². The largest absolute Gasteiger partial charge is 0.299 e. The minimum absolute atomic E-state index is 0.0146. The quantitative estimate of drug-likeness (QED) is 0.670. The zero-order chi connectivity index (χ0) is 14.8. The van der Waals surface area contributed by atoms with Crippen LogP contribution in [0, 0.1) is 34.5 Å². The van der Waals surface area contributed by atoms with Gasteiger partial charge in [0.2, 0.25) is 0 Å². The Labute approximate surface area is 128 Å². The molecule has 4 aliphatic carbocycles. The van der Waals surface area contributed by atoms with Gasteiger partial charge in [0, 0.05) is 24.7 Å². The van der Waals surface area contributed by atoms with E-state index in [1.807, 2.05) is 0 Å².